The molecule has 21 heavy (non-hydrogen) atoms. The molecule has 1 aliphatic heterocycles. The summed E-state index contributed by atoms with van der Waals surface area (Å²) in [5.41, 5.74) is 0.173. The predicted octanol–water partition coefficient (Wildman–Crippen LogP) is 2.47. The van der Waals surface area contributed by atoms with Gasteiger partial charge in [-0.15, -0.1) is 0 Å². The molecule has 1 aliphatic rings. The van der Waals surface area contributed by atoms with Gasteiger partial charge < -0.3 is 14.4 Å². The summed E-state index contributed by atoms with van der Waals surface area (Å²) in [4.78, 5) is 14.4. The number of hydrogen-bond donors (Lipinski definition) is 0. The molecule has 1 aromatic carbocycles. The van der Waals surface area contributed by atoms with Crippen molar-refractivity contribution in [2.75, 3.05) is 27.3 Å². The van der Waals surface area contributed by atoms with Crippen LogP contribution in [0.4, 0.5) is 0 Å². The number of rotatable bonds is 3. The number of carbonyl (C=O) groups excluding carboxylic acids is 1. The second-order valence-electron chi connectivity index (χ2n) is 5.53. The zero-order chi connectivity index (χ0) is 15.5. The molecule has 0 bridgehead atoms. The minimum absolute atomic E-state index is 0.0780. The van der Waals surface area contributed by atoms with Crippen LogP contribution in [0.3, 0.4) is 0 Å². The van der Waals surface area contributed by atoms with Crippen LogP contribution in [-0.4, -0.2) is 38.1 Å². The Morgan fingerprint density at radius 2 is 1.95 bits per heavy atom. The number of carbonyl (C=O) groups is 1. The first-order valence-corrected chi connectivity index (χ1v) is 6.95. The van der Waals surface area contributed by atoms with E-state index in [1.165, 1.54) is 0 Å². The Kier molecular flexibility index (Phi) is 4.37. The standard InChI is InChI=1S/C16H20N2O3/c1-16(11-17)6-8-18(9-7-16)15(19)13-10-12(20-2)4-5-14(13)21-3/h4-5,10H,6-9H2,1-3H3. The van der Waals surface area contributed by atoms with Crippen molar-refractivity contribution < 1.29 is 14.3 Å². The lowest BCUT2D eigenvalue weighted by Crippen LogP contribution is -2.41. The zero-order valence-corrected chi connectivity index (χ0v) is 12.7. The average Bonchev–Trinajstić information content (AvgIpc) is 2.54. The number of ether oxygens (including phenoxy) is 2. The average molecular weight is 288 g/mol. The molecule has 0 atom stereocenters. The monoisotopic (exact) mass is 288 g/mol. The largest absolute Gasteiger partial charge is 0.497 e. The van der Waals surface area contributed by atoms with Gasteiger partial charge in [0.15, 0.2) is 0 Å². The van der Waals surface area contributed by atoms with Crippen molar-refractivity contribution in [2.24, 2.45) is 5.41 Å². The van der Waals surface area contributed by atoms with E-state index in [1.54, 1.807) is 37.3 Å². The molecule has 1 fully saturated rings. The van der Waals surface area contributed by atoms with Crippen LogP contribution in [0.1, 0.15) is 30.1 Å². The highest BCUT2D eigenvalue weighted by Crippen LogP contribution is 2.32. The molecule has 1 heterocycles. The van der Waals surface area contributed by atoms with Crippen molar-refractivity contribution in [3.63, 3.8) is 0 Å². The van der Waals surface area contributed by atoms with Gasteiger partial charge in [0.2, 0.25) is 0 Å². The summed E-state index contributed by atoms with van der Waals surface area (Å²) in [5, 5.41) is 9.15. The number of methoxy groups -OCH3 is 2. The number of hydrogen-bond acceptors (Lipinski definition) is 4. The molecule has 0 N–H and O–H groups in total. The molecule has 1 amide bonds. The van der Waals surface area contributed by atoms with Crippen LogP contribution in [-0.2, 0) is 0 Å². The van der Waals surface area contributed by atoms with E-state index in [0.717, 1.165) is 0 Å². The first-order valence-electron chi connectivity index (χ1n) is 6.95. The van der Waals surface area contributed by atoms with Gasteiger partial charge in [0, 0.05) is 13.1 Å². The maximum absolute atomic E-state index is 12.7. The summed E-state index contributed by atoms with van der Waals surface area (Å²) < 4.78 is 10.4. The van der Waals surface area contributed by atoms with Gasteiger partial charge in [0.25, 0.3) is 5.91 Å². The Hall–Kier alpha value is -2.22. The van der Waals surface area contributed by atoms with E-state index in [2.05, 4.69) is 6.07 Å². The van der Waals surface area contributed by atoms with Gasteiger partial charge in [-0.1, -0.05) is 0 Å². The zero-order valence-electron chi connectivity index (χ0n) is 12.7. The van der Waals surface area contributed by atoms with E-state index in [9.17, 15) is 4.79 Å². The molecule has 5 heteroatoms. The molecule has 112 valence electrons. The maximum Gasteiger partial charge on any atom is 0.257 e. The molecule has 2 rings (SSSR count). The summed E-state index contributed by atoms with van der Waals surface area (Å²) in [6.45, 7) is 3.12. The van der Waals surface area contributed by atoms with Crippen molar-refractivity contribution in [1.82, 2.24) is 4.90 Å². The minimum atomic E-state index is -0.324. The van der Waals surface area contributed by atoms with E-state index in [-0.39, 0.29) is 11.3 Å². The van der Waals surface area contributed by atoms with Crippen molar-refractivity contribution in [2.45, 2.75) is 19.8 Å². The van der Waals surface area contributed by atoms with Crippen LogP contribution in [0.2, 0.25) is 0 Å². The second-order valence-corrected chi connectivity index (χ2v) is 5.53. The topological polar surface area (TPSA) is 62.6 Å². The summed E-state index contributed by atoms with van der Waals surface area (Å²) in [5.74, 6) is 1.08. The van der Waals surface area contributed by atoms with E-state index < -0.39 is 0 Å². The minimum Gasteiger partial charge on any atom is -0.497 e. The number of nitriles is 1. The molecule has 0 aliphatic carbocycles. The molecule has 1 aromatic rings. The molecular formula is C16H20N2O3. The van der Waals surface area contributed by atoms with E-state index in [4.69, 9.17) is 14.7 Å². The molecular weight excluding hydrogens is 268 g/mol. The lowest BCUT2D eigenvalue weighted by atomic mass is 9.82. The summed E-state index contributed by atoms with van der Waals surface area (Å²) in [6.07, 6.45) is 1.39. The lowest BCUT2D eigenvalue weighted by molar-refractivity contribution is 0.0658. The second kappa shape index (κ2) is 6.04. The summed E-state index contributed by atoms with van der Waals surface area (Å²) in [7, 11) is 3.11. The molecule has 0 unspecified atom stereocenters. The smallest absolute Gasteiger partial charge is 0.257 e. The van der Waals surface area contributed by atoms with Crippen molar-refractivity contribution in [1.29, 1.82) is 5.26 Å². The lowest BCUT2D eigenvalue weighted by Gasteiger charge is -2.35. The normalized spacial score (nSPS) is 17.0. The Morgan fingerprint density at radius 3 is 2.48 bits per heavy atom. The van der Waals surface area contributed by atoms with E-state index in [0.29, 0.717) is 43.0 Å². The highest BCUT2D eigenvalue weighted by molar-refractivity contribution is 5.97. The van der Waals surface area contributed by atoms with Gasteiger partial charge in [-0.05, 0) is 38.0 Å². The number of nitrogens with zero attached hydrogens (tertiary/aromatic N) is 2. The van der Waals surface area contributed by atoms with Crippen molar-refractivity contribution in [3.05, 3.63) is 23.8 Å². The molecule has 5 nitrogen and oxygen atoms in total. The third-order valence-electron chi connectivity index (χ3n) is 4.06. The van der Waals surface area contributed by atoms with Crippen molar-refractivity contribution in [3.8, 4) is 17.6 Å². The molecule has 0 radical (unpaired) electrons. The Morgan fingerprint density at radius 1 is 1.29 bits per heavy atom. The number of benzene rings is 1. The fraction of sp³-hybridized carbons (Fsp3) is 0.500. The molecule has 0 aromatic heterocycles. The Balaban J connectivity index is 2.19. The molecule has 0 saturated carbocycles. The number of piperidine rings is 1. The van der Waals surface area contributed by atoms with Crippen LogP contribution in [0, 0.1) is 16.7 Å². The fourth-order valence-corrected chi connectivity index (χ4v) is 2.47. The van der Waals surface area contributed by atoms with E-state index >= 15 is 0 Å². The molecule has 1 saturated heterocycles. The number of amides is 1. The van der Waals surface area contributed by atoms with Crippen LogP contribution in [0.25, 0.3) is 0 Å². The first kappa shape index (κ1) is 15.2. The summed E-state index contributed by atoms with van der Waals surface area (Å²) >= 11 is 0. The van der Waals surface area contributed by atoms with Crippen molar-refractivity contribution >= 4 is 5.91 Å². The first-order chi connectivity index (χ1) is 10.0. The van der Waals surface area contributed by atoms with Gasteiger partial charge in [-0.2, -0.15) is 5.26 Å². The Bertz CT molecular complexity index is 569. The fourth-order valence-electron chi connectivity index (χ4n) is 2.47. The van der Waals surface area contributed by atoms with E-state index in [1.807, 2.05) is 6.92 Å². The number of likely N-dealkylation sites (tertiary alicyclic amines) is 1. The van der Waals surface area contributed by atoms with Gasteiger partial charge >= 0.3 is 0 Å². The highest BCUT2D eigenvalue weighted by atomic mass is 16.5. The quantitative estimate of drug-likeness (QED) is 0.857. The van der Waals surface area contributed by atoms with Crippen LogP contribution >= 0.6 is 0 Å². The van der Waals surface area contributed by atoms with Crippen LogP contribution < -0.4 is 9.47 Å². The van der Waals surface area contributed by atoms with Gasteiger partial charge in [-0.25, -0.2) is 0 Å². The predicted molar refractivity (Wildman–Crippen MR) is 78.4 cm³/mol. The Labute approximate surface area is 125 Å². The van der Waals surface area contributed by atoms with Gasteiger partial charge in [0.05, 0.1) is 31.3 Å². The van der Waals surface area contributed by atoms with Gasteiger partial charge in [-0.3, -0.25) is 4.79 Å². The maximum atomic E-state index is 12.7. The summed E-state index contributed by atoms with van der Waals surface area (Å²) in [6, 6.07) is 7.53. The molecule has 0 spiro atoms. The van der Waals surface area contributed by atoms with Crippen LogP contribution in [0.15, 0.2) is 18.2 Å². The highest BCUT2D eigenvalue weighted by Gasteiger charge is 2.32. The third kappa shape index (κ3) is 3.10. The SMILES string of the molecule is COc1ccc(OC)c(C(=O)N2CCC(C)(C#N)CC2)c1. The third-order valence-corrected chi connectivity index (χ3v) is 4.06. The van der Waals surface area contributed by atoms with Gasteiger partial charge in [0.1, 0.15) is 11.5 Å². The van der Waals surface area contributed by atoms with Crippen LogP contribution in [0.5, 0.6) is 11.5 Å².